The van der Waals surface area contributed by atoms with Crippen LogP contribution < -0.4 is 0 Å². The van der Waals surface area contributed by atoms with Crippen LogP contribution in [0.4, 0.5) is 0 Å². The molecule has 0 aromatic rings. The van der Waals surface area contributed by atoms with Gasteiger partial charge in [-0.3, -0.25) is 0 Å². The third-order valence-corrected chi connectivity index (χ3v) is 0.526. The van der Waals surface area contributed by atoms with Gasteiger partial charge in [0.25, 0.3) is 0 Å². The molecule has 0 rings (SSSR count). The van der Waals surface area contributed by atoms with Gasteiger partial charge in [0.2, 0.25) is 0 Å². The monoisotopic (exact) mass is 101 g/mol. The minimum atomic E-state index is -0.149. The summed E-state index contributed by atoms with van der Waals surface area (Å²) in [6.45, 7) is 0.394. The van der Waals surface area contributed by atoms with E-state index in [-0.39, 0.29) is 6.61 Å². The molecule has 0 bridgehead atoms. The minimum Gasteiger partial charge on any atom is -0.381 e. The van der Waals surface area contributed by atoms with Gasteiger partial charge in [-0.05, 0) is 0 Å². The lowest BCUT2D eigenvalue weighted by atomic mass is 10.5. The fourth-order valence-electron chi connectivity index (χ4n) is 0.232. The van der Waals surface area contributed by atoms with Gasteiger partial charge < -0.3 is 4.74 Å². The van der Waals surface area contributed by atoms with Gasteiger partial charge in [0.15, 0.2) is 0 Å². The third kappa shape index (κ3) is 5.66. The van der Waals surface area contributed by atoms with E-state index < -0.39 is 0 Å². The molecule has 2 nitrogen and oxygen atoms in total. The highest BCUT2D eigenvalue weighted by molar-refractivity contribution is 4.79. The van der Waals surface area contributed by atoms with Crippen molar-refractivity contribution in [3.63, 3.8) is 0 Å². The van der Waals surface area contributed by atoms with Gasteiger partial charge >= 0.3 is 0 Å². The second-order valence-electron chi connectivity index (χ2n) is 1.09. The van der Waals surface area contributed by atoms with Crippen molar-refractivity contribution in [1.29, 1.82) is 0 Å². The molecule has 0 saturated heterocycles. The SMILES string of the molecule is COCC=CC[O]. The lowest BCUT2D eigenvalue weighted by molar-refractivity contribution is 0.222. The molecule has 0 amide bonds. The molecule has 0 aliphatic heterocycles. The largest absolute Gasteiger partial charge is 0.381 e. The summed E-state index contributed by atoms with van der Waals surface area (Å²) >= 11 is 0. The second kappa shape index (κ2) is 5.66. The quantitative estimate of drug-likeness (QED) is 0.479. The van der Waals surface area contributed by atoms with E-state index in [1.54, 1.807) is 13.2 Å². The van der Waals surface area contributed by atoms with Gasteiger partial charge in [-0.15, -0.1) is 0 Å². The summed E-state index contributed by atoms with van der Waals surface area (Å²) in [4.78, 5) is 0. The van der Waals surface area contributed by atoms with E-state index in [4.69, 9.17) is 0 Å². The first kappa shape index (κ1) is 6.66. The Labute approximate surface area is 43.4 Å². The first-order valence-corrected chi connectivity index (χ1v) is 2.14. The topological polar surface area (TPSA) is 29.1 Å². The zero-order chi connectivity index (χ0) is 5.54. The first-order chi connectivity index (χ1) is 3.41. The number of hydrogen-bond donors (Lipinski definition) is 0. The molecule has 0 spiro atoms. The lowest BCUT2D eigenvalue weighted by Gasteiger charge is -1.83. The minimum absolute atomic E-state index is 0.149. The fraction of sp³-hybridized carbons (Fsp3) is 0.600. The van der Waals surface area contributed by atoms with Crippen molar-refractivity contribution in [2.24, 2.45) is 0 Å². The van der Waals surface area contributed by atoms with Crippen molar-refractivity contribution >= 4 is 0 Å². The summed E-state index contributed by atoms with van der Waals surface area (Å²) < 4.78 is 4.62. The van der Waals surface area contributed by atoms with Crippen LogP contribution in [0.15, 0.2) is 12.2 Å². The maximum absolute atomic E-state index is 9.66. The molecule has 0 unspecified atom stereocenters. The Hall–Kier alpha value is -0.340. The molecule has 41 valence electrons. The molecule has 0 heterocycles. The predicted octanol–water partition coefficient (Wildman–Crippen LogP) is 0.620. The van der Waals surface area contributed by atoms with Crippen LogP contribution in [0.25, 0.3) is 0 Å². The number of ether oxygens (including phenoxy) is 1. The Bertz CT molecular complexity index is 50.0. The van der Waals surface area contributed by atoms with Crippen molar-refractivity contribution in [2.45, 2.75) is 0 Å². The summed E-state index contributed by atoms with van der Waals surface area (Å²) in [6.07, 6.45) is 3.23. The maximum atomic E-state index is 9.66. The Kier molecular flexibility index (Phi) is 5.39. The molecule has 1 radical (unpaired) electrons. The van der Waals surface area contributed by atoms with Crippen LogP contribution in [0.5, 0.6) is 0 Å². The van der Waals surface area contributed by atoms with E-state index in [0.717, 1.165) is 0 Å². The van der Waals surface area contributed by atoms with E-state index in [1.807, 2.05) is 0 Å². The molecule has 0 fully saturated rings. The molecule has 0 aromatic heterocycles. The van der Waals surface area contributed by atoms with Crippen molar-refractivity contribution in [2.75, 3.05) is 20.3 Å². The average Bonchev–Trinajstić information content (AvgIpc) is 1.69. The Balaban J connectivity index is 2.78. The Morgan fingerprint density at radius 3 is 2.71 bits per heavy atom. The summed E-state index contributed by atoms with van der Waals surface area (Å²) in [5.74, 6) is 0. The van der Waals surface area contributed by atoms with Gasteiger partial charge in [0, 0.05) is 7.11 Å². The van der Waals surface area contributed by atoms with Gasteiger partial charge in [-0.2, -0.15) is 0 Å². The molecule has 0 N–H and O–H groups in total. The van der Waals surface area contributed by atoms with E-state index in [2.05, 4.69) is 4.74 Å². The normalized spacial score (nSPS) is 10.6. The van der Waals surface area contributed by atoms with Gasteiger partial charge in [-0.1, -0.05) is 12.2 Å². The number of rotatable bonds is 3. The average molecular weight is 101 g/mol. The molecule has 0 aliphatic rings. The molecule has 7 heavy (non-hydrogen) atoms. The molecule has 2 heteroatoms. The summed E-state index contributed by atoms with van der Waals surface area (Å²) in [7, 11) is 1.59. The molecule has 0 aromatic carbocycles. The fourth-order valence-corrected chi connectivity index (χ4v) is 0.232. The highest BCUT2D eigenvalue weighted by Gasteiger charge is 1.68. The van der Waals surface area contributed by atoms with Gasteiger partial charge in [0.05, 0.1) is 6.61 Å². The van der Waals surface area contributed by atoms with E-state index in [9.17, 15) is 5.11 Å². The summed E-state index contributed by atoms with van der Waals surface area (Å²) in [6, 6.07) is 0. The number of methoxy groups -OCH3 is 1. The number of hydrogen-bond acceptors (Lipinski definition) is 1. The lowest BCUT2D eigenvalue weighted by Crippen LogP contribution is -1.80. The maximum Gasteiger partial charge on any atom is 0.100 e. The van der Waals surface area contributed by atoms with Crippen LogP contribution in [0.3, 0.4) is 0 Å². The van der Waals surface area contributed by atoms with Crippen LogP contribution in [0, 0.1) is 0 Å². The van der Waals surface area contributed by atoms with Crippen LogP contribution in [-0.4, -0.2) is 20.3 Å². The van der Waals surface area contributed by atoms with Crippen molar-refractivity contribution in [3.05, 3.63) is 12.2 Å². The van der Waals surface area contributed by atoms with Crippen molar-refractivity contribution < 1.29 is 9.84 Å². The third-order valence-electron chi connectivity index (χ3n) is 0.526. The standard InChI is InChI=1S/C5H9O2/c1-7-5-3-2-4-6/h2-3H,4-5H2,1H3. The molecule has 0 saturated carbocycles. The van der Waals surface area contributed by atoms with Crippen LogP contribution >= 0.6 is 0 Å². The molecule has 0 atom stereocenters. The van der Waals surface area contributed by atoms with E-state index >= 15 is 0 Å². The van der Waals surface area contributed by atoms with E-state index in [0.29, 0.717) is 6.61 Å². The Morgan fingerprint density at radius 2 is 2.29 bits per heavy atom. The zero-order valence-electron chi connectivity index (χ0n) is 4.39. The second-order valence-corrected chi connectivity index (χ2v) is 1.09. The summed E-state index contributed by atoms with van der Waals surface area (Å²) in [5.41, 5.74) is 0. The van der Waals surface area contributed by atoms with Gasteiger partial charge in [0.1, 0.15) is 6.61 Å². The highest BCUT2D eigenvalue weighted by Crippen LogP contribution is 1.70. The van der Waals surface area contributed by atoms with Crippen LogP contribution in [0.2, 0.25) is 0 Å². The summed E-state index contributed by atoms with van der Waals surface area (Å²) in [5, 5.41) is 9.66. The van der Waals surface area contributed by atoms with Gasteiger partial charge in [-0.25, -0.2) is 5.11 Å². The van der Waals surface area contributed by atoms with E-state index in [1.165, 1.54) is 6.08 Å². The van der Waals surface area contributed by atoms with Crippen LogP contribution in [-0.2, 0) is 9.84 Å². The highest BCUT2D eigenvalue weighted by atomic mass is 16.5. The van der Waals surface area contributed by atoms with Crippen molar-refractivity contribution in [1.82, 2.24) is 0 Å². The Morgan fingerprint density at radius 1 is 1.57 bits per heavy atom. The predicted molar refractivity (Wildman–Crippen MR) is 26.6 cm³/mol. The molecule has 0 aliphatic carbocycles. The zero-order valence-corrected chi connectivity index (χ0v) is 4.39. The smallest absolute Gasteiger partial charge is 0.100 e. The first-order valence-electron chi connectivity index (χ1n) is 2.14. The molecular formula is C5H9O2. The van der Waals surface area contributed by atoms with Crippen LogP contribution in [0.1, 0.15) is 0 Å². The van der Waals surface area contributed by atoms with Crippen molar-refractivity contribution in [3.8, 4) is 0 Å². The molecular weight excluding hydrogens is 92.1 g/mol.